The Bertz CT molecular complexity index is 524. The van der Waals surface area contributed by atoms with Crippen LogP contribution < -0.4 is 0 Å². The van der Waals surface area contributed by atoms with Crippen LogP contribution in [-0.4, -0.2) is 89.7 Å². The number of methoxy groups -OCH3 is 5. The summed E-state index contributed by atoms with van der Waals surface area (Å²) >= 11 is 0. The Morgan fingerprint density at radius 1 is 1.12 bits per heavy atom. The van der Waals surface area contributed by atoms with E-state index in [1.807, 2.05) is 5.23 Å². The van der Waals surface area contributed by atoms with Crippen LogP contribution >= 0.6 is 0 Å². The van der Waals surface area contributed by atoms with Gasteiger partial charge in [0.15, 0.2) is 12.0 Å². The van der Waals surface area contributed by atoms with Crippen molar-refractivity contribution in [3.63, 3.8) is 0 Å². The molecule has 0 aromatic heterocycles. The van der Waals surface area contributed by atoms with Crippen molar-refractivity contribution in [3.05, 3.63) is 12.0 Å². The molecule has 1 fully saturated rings. The van der Waals surface area contributed by atoms with Crippen molar-refractivity contribution in [2.75, 3.05) is 47.9 Å². The molecule has 1 rings (SSSR count). The summed E-state index contributed by atoms with van der Waals surface area (Å²) in [5.74, 6) is 4.59. The van der Waals surface area contributed by atoms with Crippen molar-refractivity contribution in [1.29, 1.82) is 0 Å². The Morgan fingerprint density at radius 3 is 2.24 bits per heavy atom. The van der Waals surface area contributed by atoms with Gasteiger partial charge in [-0.2, -0.15) is 0 Å². The monoisotopic (exact) mass is 379 g/mol. The molecule has 5 atom stereocenters. The lowest BCUT2D eigenvalue weighted by Gasteiger charge is -2.45. The van der Waals surface area contributed by atoms with Gasteiger partial charge in [0.25, 0.3) is 0 Å². The Labute approximate surface area is 150 Å². The van der Waals surface area contributed by atoms with Crippen molar-refractivity contribution >= 4 is 21.2 Å². The minimum absolute atomic E-state index is 0.117. The van der Waals surface area contributed by atoms with Gasteiger partial charge in [-0.25, -0.2) is 5.87 Å². The Kier molecular flexibility index (Phi) is 10.1. The topological polar surface area (TPSA) is 81.7 Å². The summed E-state index contributed by atoms with van der Waals surface area (Å²) in [6.07, 6.45) is -1.17. The van der Waals surface area contributed by atoms with Crippen molar-refractivity contribution in [3.8, 4) is 0 Å². The van der Waals surface area contributed by atoms with Crippen LogP contribution in [0.4, 0.5) is 0 Å². The maximum atomic E-state index is 10.9. The summed E-state index contributed by atoms with van der Waals surface area (Å²) in [7, 11) is 6.85. The highest BCUT2D eigenvalue weighted by Gasteiger charge is 2.46. The predicted molar refractivity (Wildman–Crippen MR) is 94.2 cm³/mol. The lowest BCUT2D eigenvalue weighted by Crippen LogP contribution is -2.61. The summed E-state index contributed by atoms with van der Waals surface area (Å²) in [5, 5.41) is 1.88. The van der Waals surface area contributed by atoms with Crippen molar-refractivity contribution in [2.24, 2.45) is 0 Å². The second-order valence-corrected chi connectivity index (χ2v) is 6.71. The largest absolute Gasteiger partial charge is 0.501 e. The molecule has 1 aliphatic rings. The molecule has 146 valence electrons. The normalized spacial score (nSPS) is 30.2. The van der Waals surface area contributed by atoms with Crippen molar-refractivity contribution in [2.45, 2.75) is 30.7 Å². The quantitative estimate of drug-likeness (QED) is 0.299. The third-order valence-corrected chi connectivity index (χ3v) is 4.76. The maximum Gasteiger partial charge on any atom is 0.187 e. The fourth-order valence-corrected chi connectivity index (χ4v) is 3.35. The van der Waals surface area contributed by atoms with Gasteiger partial charge in [-0.1, -0.05) is 5.75 Å². The summed E-state index contributed by atoms with van der Waals surface area (Å²) < 4.78 is 38.4. The number of hydrogen-bond donors (Lipinski definition) is 0. The Morgan fingerprint density at radius 2 is 1.76 bits per heavy atom. The fraction of sp³-hybridized carbons (Fsp3) is 0.750. The van der Waals surface area contributed by atoms with Gasteiger partial charge < -0.3 is 43.2 Å². The SMILES string of the molecule is C=[S-](=C=O)CC1OC(OCC(=COC)OC)C(OC)C(OC)C1OC. The summed E-state index contributed by atoms with van der Waals surface area (Å²) in [6, 6.07) is 0. The molecule has 0 saturated carbocycles. The summed E-state index contributed by atoms with van der Waals surface area (Å²) in [5.41, 5.74) is 0. The van der Waals surface area contributed by atoms with Crippen LogP contribution in [0.15, 0.2) is 12.0 Å². The van der Waals surface area contributed by atoms with Gasteiger partial charge in [0, 0.05) is 21.3 Å². The lowest BCUT2D eigenvalue weighted by molar-refractivity contribution is -0.303. The van der Waals surface area contributed by atoms with Crippen LogP contribution in [0.1, 0.15) is 0 Å². The maximum absolute atomic E-state index is 10.9. The van der Waals surface area contributed by atoms with E-state index in [-0.39, 0.29) is 6.61 Å². The van der Waals surface area contributed by atoms with Crippen LogP contribution in [0.5, 0.6) is 0 Å². The van der Waals surface area contributed by atoms with Gasteiger partial charge in [-0.3, -0.25) is 4.79 Å². The molecule has 1 saturated heterocycles. The molecule has 0 N–H and O–H groups in total. The van der Waals surface area contributed by atoms with Gasteiger partial charge >= 0.3 is 0 Å². The molecular formula is C16H27O8S-. The smallest absolute Gasteiger partial charge is 0.187 e. The molecule has 1 heterocycles. The zero-order valence-electron chi connectivity index (χ0n) is 15.3. The molecule has 1 aliphatic heterocycles. The standard InChI is InChI=1S/C16H27O8S/c1-18-7-11(19-2)8-23-16-15(22-5)14(21-4)13(20-3)12(24-16)9-25(6)10-17/h7,12-16H,6,8-9H2,1-5H3/q-1. The van der Waals surface area contributed by atoms with E-state index < -0.39 is 40.8 Å². The molecule has 9 heteroatoms. The fourth-order valence-electron chi connectivity index (χ4n) is 2.62. The van der Waals surface area contributed by atoms with Crippen LogP contribution in [0.25, 0.3) is 0 Å². The molecule has 8 nitrogen and oxygen atoms in total. The highest BCUT2D eigenvalue weighted by atomic mass is 32.2. The molecule has 0 aliphatic carbocycles. The van der Waals surface area contributed by atoms with Gasteiger partial charge in [-0.15, -0.1) is 0 Å². The highest BCUT2D eigenvalue weighted by Crippen LogP contribution is 2.28. The van der Waals surface area contributed by atoms with E-state index in [1.165, 1.54) is 27.6 Å². The zero-order chi connectivity index (χ0) is 18.8. The minimum atomic E-state index is -0.828. The zero-order valence-corrected chi connectivity index (χ0v) is 16.1. The molecule has 0 amide bonds. The first-order valence-electron chi connectivity index (χ1n) is 7.55. The number of carbonyl (C=O) groups excluding carboxylic acids is 1. The van der Waals surface area contributed by atoms with Gasteiger partial charge in [0.2, 0.25) is 0 Å². The number of rotatable bonds is 10. The molecule has 0 spiro atoms. The first kappa shape index (κ1) is 22.0. The average molecular weight is 379 g/mol. The van der Waals surface area contributed by atoms with E-state index in [0.717, 1.165) is 0 Å². The lowest BCUT2D eigenvalue weighted by atomic mass is 9.99. The predicted octanol–water partition coefficient (Wildman–Crippen LogP) is 0.0246. The Balaban J connectivity index is 2.98. The molecule has 0 bridgehead atoms. The summed E-state index contributed by atoms with van der Waals surface area (Å²) in [6.45, 7) is 0.117. The molecule has 5 unspecified atom stereocenters. The average Bonchev–Trinajstić information content (AvgIpc) is 2.63. The molecule has 0 aromatic rings. The van der Waals surface area contributed by atoms with E-state index in [4.69, 9.17) is 33.2 Å². The second-order valence-electron chi connectivity index (χ2n) is 5.22. The summed E-state index contributed by atoms with van der Waals surface area (Å²) in [4.78, 5) is 10.9. The number of hydrogen-bond acceptors (Lipinski definition) is 9. The van der Waals surface area contributed by atoms with Gasteiger partial charge in [0.05, 0.1) is 20.3 Å². The van der Waals surface area contributed by atoms with E-state index in [2.05, 4.69) is 5.87 Å². The van der Waals surface area contributed by atoms with Crippen LogP contribution in [0, 0.1) is 0 Å². The highest BCUT2D eigenvalue weighted by molar-refractivity contribution is 7.92. The first-order chi connectivity index (χ1) is 12.1. The van der Waals surface area contributed by atoms with E-state index >= 15 is 0 Å². The van der Waals surface area contributed by atoms with Crippen molar-refractivity contribution in [1.82, 2.24) is 0 Å². The second kappa shape index (κ2) is 11.5. The van der Waals surface area contributed by atoms with E-state index in [0.29, 0.717) is 11.5 Å². The van der Waals surface area contributed by atoms with Crippen LogP contribution in [-0.2, 0) is 48.0 Å². The van der Waals surface area contributed by atoms with Crippen LogP contribution in [0.2, 0.25) is 0 Å². The van der Waals surface area contributed by atoms with E-state index in [9.17, 15) is 4.79 Å². The van der Waals surface area contributed by atoms with Crippen molar-refractivity contribution < 1.29 is 38.0 Å². The molecular weight excluding hydrogens is 352 g/mol. The number of ether oxygens (including phenoxy) is 7. The van der Waals surface area contributed by atoms with E-state index in [1.54, 1.807) is 14.2 Å². The third kappa shape index (κ3) is 6.00. The van der Waals surface area contributed by atoms with Gasteiger partial charge in [0.1, 0.15) is 31.2 Å². The molecule has 25 heavy (non-hydrogen) atoms. The Hall–Kier alpha value is -1.06. The van der Waals surface area contributed by atoms with Gasteiger partial charge in [-0.05, 0) is 5.23 Å². The van der Waals surface area contributed by atoms with Crippen LogP contribution in [0.3, 0.4) is 0 Å². The third-order valence-electron chi connectivity index (χ3n) is 3.79. The molecule has 0 radical (unpaired) electrons. The minimum Gasteiger partial charge on any atom is -0.501 e. The molecule has 0 aromatic carbocycles. The first-order valence-corrected chi connectivity index (χ1v) is 9.12.